The summed E-state index contributed by atoms with van der Waals surface area (Å²) in [4.78, 5) is 140. The number of aliphatic hydroxyl groups is 2. The zero-order valence-electron chi connectivity index (χ0n) is 61.4. The predicted molar refractivity (Wildman–Crippen MR) is 400 cm³/mol. The molecule has 1 fully saturated rings. The maximum Gasteiger partial charge on any atom is 0.458 e. The van der Waals surface area contributed by atoms with Crippen molar-refractivity contribution in [2.45, 2.75) is 141 Å². The van der Waals surface area contributed by atoms with E-state index in [-0.39, 0.29) is 62.2 Å². The minimum atomic E-state index is -1.91. The molecule has 112 heavy (non-hydrogen) atoms. The number of hydrogen-bond acceptors (Lipinski definition) is 29. The minimum absolute atomic E-state index is 0.0129. The molecular formula is C79H87B2N14O17-3. The first kappa shape index (κ1) is 86.1. The quantitative estimate of drug-likeness (QED) is 0.0212. The summed E-state index contributed by atoms with van der Waals surface area (Å²) in [6, 6.07) is 44.8. The minimum Gasteiger partial charge on any atom is -0.550 e. The Bertz CT molecular complexity index is 4260. The molecule has 5 atom stereocenters. The number of rotatable bonds is 41. The highest BCUT2D eigenvalue weighted by molar-refractivity contribution is 6.45. The number of ketones is 3. The second-order valence-electron chi connectivity index (χ2n) is 26.7. The van der Waals surface area contributed by atoms with E-state index in [4.69, 9.17) is 4.65 Å². The number of carbonyl (C=O) groups excluding carboxylic acids is 8. The molecule has 1 saturated heterocycles. The van der Waals surface area contributed by atoms with Gasteiger partial charge in [-0.05, 0) is 128 Å². The van der Waals surface area contributed by atoms with E-state index in [1.54, 1.807) is 73.6 Å². The molecule has 584 valence electrons. The maximum absolute atomic E-state index is 12.9. The molecule has 0 saturated carbocycles. The average Bonchev–Trinajstić information content (AvgIpc) is 1.17. The van der Waals surface area contributed by atoms with E-state index in [0.717, 1.165) is 45.6 Å². The van der Waals surface area contributed by atoms with Gasteiger partial charge >= 0.3 is 14.2 Å². The molecule has 0 aromatic carbocycles. The Morgan fingerprint density at radius 2 is 0.857 bits per heavy atom. The van der Waals surface area contributed by atoms with Gasteiger partial charge in [0.25, 0.3) is 5.91 Å². The smallest absolute Gasteiger partial charge is 0.458 e. The molecule has 9 aromatic rings. The zero-order valence-corrected chi connectivity index (χ0v) is 61.4. The number of carboxylic acids is 3. The first-order chi connectivity index (χ1) is 54.1. The first-order valence-corrected chi connectivity index (χ1v) is 36.2. The second kappa shape index (κ2) is 46.2. The molecule has 2 unspecified atom stereocenters. The van der Waals surface area contributed by atoms with Gasteiger partial charge in [-0.1, -0.05) is 36.4 Å². The number of pyridine rings is 9. The van der Waals surface area contributed by atoms with E-state index in [0.29, 0.717) is 88.6 Å². The van der Waals surface area contributed by atoms with E-state index in [1.165, 1.54) is 18.6 Å². The predicted octanol–water partition coefficient (Wildman–Crippen LogP) is 1.83. The van der Waals surface area contributed by atoms with Gasteiger partial charge in [0.15, 0.2) is 17.3 Å². The lowest BCUT2D eigenvalue weighted by Crippen LogP contribution is -2.40. The summed E-state index contributed by atoms with van der Waals surface area (Å²) in [5, 5.41) is 85.8. The molecule has 33 heteroatoms. The third-order valence-corrected chi connectivity index (χ3v) is 17.8. The van der Waals surface area contributed by atoms with Gasteiger partial charge in [-0.2, -0.15) is 0 Å². The van der Waals surface area contributed by atoms with Crippen molar-refractivity contribution in [3.8, 4) is 0 Å². The third-order valence-electron chi connectivity index (χ3n) is 17.8. The van der Waals surface area contributed by atoms with Gasteiger partial charge in [-0.25, -0.2) is 0 Å². The van der Waals surface area contributed by atoms with Gasteiger partial charge in [-0.15, -0.1) is 0 Å². The molecule has 10 heterocycles. The molecule has 1 aliphatic heterocycles. The van der Waals surface area contributed by atoms with Crippen LogP contribution in [0.4, 0.5) is 0 Å². The van der Waals surface area contributed by atoms with Crippen LogP contribution in [-0.2, 0) is 87.5 Å². The van der Waals surface area contributed by atoms with Gasteiger partial charge in [-0.3, -0.25) is 83.5 Å². The number of aliphatic hydroxyl groups excluding tert-OH is 2. The lowest BCUT2D eigenvalue weighted by atomic mass is 9.64. The second-order valence-corrected chi connectivity index (χ2v) is 26.7. The van der Waals surface area contributed by atoms with Gasteiger partial charge in [0, 0.05) is 207 Å². The number of aromatic nitrogens is 9. The van der Waals surface area contributed by atoms with Crippen LogP contribution < -0.4 is 26.0 Å². The Hall–Kier alpha value is -11.5. The van der Waals surface area contributed by atoms with Crippen LogP contribution in [0.5, 0.6) is 0 Å². The average molecular weight is 1530 g/mol. The fourth-order valence-corrected chi connectivity index (χ4v) is 12.0. The van der Waals surface area contributed by atoms with Crippen molar-refractivity contribution in [1.29, 1.82) is 0 Å². The van der Waals surface area contributed by atoms with Crippen molar-refractivity contribution in [2.75, 3.05) is 19.7 Å². The van der Waals surface area contributed by atoms with Crippen LogP contribution in [0, 0.1) is 5.92 Å². The number of Topliss-reactive ketones (excluding diaryl/α,β-unsaturated/α-hetero) is 3. The fourth-order valence-electron chi connectivity index (χ4n) is 12.0. The van der Waals surface area contributed by atoms with Gasteiger partial charge in [0.05, 0.1) is 82.0 Å². The summed E-state index contributed by atoms with van der Waals surface area (Å²) < 4.78 is 5.29. The number of aliphatic carboxylic acids is 3. The van der Waals surface area contributed by atoms with Crippen LogP contribution >= 0.6 is 0 Å². The van der Waals surface area contributed by atoms with E-state index >= 15 is 0 Å². The highest BCUT2D eigenvalue weighted by Crippen LogP contribution is 2.31. The Balaban J connectivity index is 0.000000212. The molecule has 9 aromatic heterocycles. The van der Waals surface area contributed by atoms with E-state index in [1.807, 2.05) is 109 Å². The van der Waals surface area contributed by atoms with E-state index in [2.05, 4.69) is 70.2 Å². The van der Waals surface area contributed by atoms with Crippen molar-refractivity contribution in [3.05, 3.63) is 269 Å². The summed E-state index contributed by atoms with van der Waals surface area (Å²) >= 11 is 0. The van der Waals surface area contributed by atoms with Crippen LogP contribution in [-0.4, -0.2) is 178 Å². The lowest BCUT2D eigenvalue weighted by molar-refractivity contribution is -0.309. The molecule has 7 N–H and O–H groups in total. The van der Waals surface area contributed by atoms with Crippen molar-refractivity contribution >= 4 is 61.3 Å². The van der Waals surface area contributed by atoms with Crippen molar-refractivity contribution in [3.63, 3.8) is 0 Å². The number of carboxylic acid groups (broad SMARTS) is 3. The number of nitrogens with one attached hydrogen (secondary N) is 2. The van der Waals surface area contributed by atoms with Crippen molar-refractivity contribution < 1.29 is 83.6 Å². The molecule has 0 aliphatic carbocycles. The topological polar surface area (TPSA) is 466 Å². The Kier molecular flexibility index (Phi) is 35.5. The zero-order chi connectivity index (χ0) is 80.0. The fraction of sp³-hybridized carbons (Fsp3) is 0.329. The summed E-state index contributed by atoms with van der Waals surface area (Å²) in [7, 11) is -3.14. The lowest BCUT2D eigenvalue weighted by Gasteiger charge is -2.31. The summed E-state index contributed by atoms with van der Waals surface area (Å²) in [5.41, 5.74) is 8.72. The number of nitrogens with zero attached hydrogens (tertiary/aromatic N) is 12. The standard InChI is InChI=1S/C28H32BN5O6.C27H33BN4O7.C24H25N5O4/c35-25(13-21-8-10-26(14-27(36)37)40-29(21)39)16-33-28(38)20-7-9-24(32-15-20)19-34(17-22-5-1-3-11-30-22)18-23-6-2-4-12-31-23;33-18-20(26(35)13-27(36)37)11-21(28(38)39)12-25(34)19-7-8-24(31-14-19)17-32(15-22-5-1-3-9-29-22)16-23-6-2-4-10-30-23;30-22(9-10-23(31)28-14-24(32)33)18-7-8-21(27-13-18)17-29(15-19-5-1-3-11-25-19)16-20-6-2-4-12-26-20/h1-7,9,11-12,15,21,26,39H,8,10,13-14,16-19H2,(H,33,38)(H,36,37);1-10,14,20-21,26,33,35,38-39H,11-13,15-18H2,(H,36,37);1-8,11-13H,9-10,14-17H2,(H,28,31)(H,32,33)/p-3/t21-,26+;20?,21-,26?;/m11./s1. The highest BCUT2D eigenvalue weighted by atomic mass is 16.5. The van der Waals surface area contributed by atoms with Crippen LogP contribution in [0.25, 0.3) is 0 Å². The molecule has 0 spiro atoms. The summed E-state index contributed by atoms with van der Waals surface area (Å²) in [5.74, 6) is -8.43. The Morgan fingerprint density at radius 3 is 1.19 bits per heavy atom. The number of carbonyl (C=O) groups is 8. The summed E-state index contributed by atoms with van der Waals surface area (Å²) in [6.07, 6.45) is 12.1. The molecule has 0 radical (unpaired) electrons. The highest BCUT2D eigenvalue weighted by Gasteiger charge is 2.36. The molecule has 10 rings (SSSR count). The van der Waals surface area contributed by atoms with Crippen molar-refractivity contribution in [1.82, 2.24) is 70.2 Å². The largest absolute Gasteiger partial charge is 0.550 e. The first-order valence-electron chi connectivity index (χ1n) is 36.2. The van der Waals surface area contributed by atoms with Crippen molar-refractivity contribution in [2.24, 2.45) is 5.92 Å². The van der Waals surface area contributed by atoms with Gasteiger partial charge in [0.2, 0.25) is 5.91 Å². The van der Waals surface area contributed by atoms with Gasteiger partial charge < -0.3 is 70.3 Å². The van der Waals surface area contributed by atoms with E-state index in [9.17, 15) is 79.0 Å². The molecule has 0 bridgehead atoms. The number of hydrogen-bond donors (Lipinski definition) is 7. The maximum atomic E-state index is 12.9. The molecule has 31 nitrogen and oxygen atoms in total. The molecule has 2 amide bonds. The van der Waals surface area contributed by atoms with Crippen LogP contribution in [0.15, 0.2) is 201 Å². The van der Waals surface area contributed by atoms with Crippen LogP contribution in [0.1, 0.15) is 140 Å². The normalized spacial score (nSPS) is 13.9. The third kappa shape index (κ3) is 31.5. The summed E-state index contributed by atoms with van der Waals surface area (Å²) in [6.45, 7) is 3.70. The Labute approximate surface area is 647 Å². The monoisotopic (exact) mass is 1530 g/mol. The Morgan fingerprint density at radius 1 is 0.464 bits per heavy atom. The number of amides is 2. The van der Waals surface area contributed by atoms with Gasteiger partial charge in [0.1, 0.15) is 0 Å². The van der Waals surface area contributed by atoms with E-state index < -0.39 is 99.1 Å². The molecule has 1 aliphatic rings. The molecular weight excluding hydrogens is 1440 g/mol. The van der Waals surface area contributed by atoms with Crippen LogP contribution in [0.2, 0.25) is 11.6 Å². The van der Waals surface area contributed by atoms with Crippen LogP contribution in [0.3, 0.4) is 0 Å². The SMILES string of the molecule is O=C([O-])CC(O)C(CO)C[C@H](CC(=O)c1ccc(CN(Cc2ccccn2)Cc2ccccn2)nc1)B(O)O.O=C([O-])CNC(=O)CCC(=O)c1ccc(CN(Cc2ccccn2)Cc2ccccn2)nc1.O=C([O-])C[C@@H]1CC[C@H](CC(=O)CNC(=O)c2ccc(CN(Cc3ccccn3)Cc3ccccn3)nc2)B(O)O1.